The molecule has 2 aromatic carbocycles. The molecule has 0 unspecified atom stereocenters. The molecular weight excluding hydrogens is 451 g/mol. The van der Waals surface area contributed by atoms with Gasteiger partial charge in [-0.05, 0) is 48.7 Å². The predicted molar refractivity (Wildman–Crippen MR) is 120 cm³/mol. The maximum Gasteiger partial charge on any atom is 0.406 e. The topological polar surface area (TPSA) is 120 Å². The summed E-state index contributed by atoms with van der Waals surface area (Å²) in [5.74, 6) is -2.87. The highest BCUT2D eigenvalue weighted by atomic mass is 19.4. The molecule has 180 valence electrons. The Kier molecular flexibility index (Phi) is 7.54. The van der Waals surface area contributed by atoms with Crippen molar-refractivity contribution in [3.63, 3.8) is 0 Å². The Hall–Kier alpha value is -3.89. The second kappa shape index (κ2) is 10.4. The SMILES string of the molecule is N=C(N)c1cccc(CN(CC(F)(F)F)C(=O)C(=O)Nc2ccc(N3CCCCC3=O)cc2)c1. The summed E-state index contributed by atoms with van der Waals surface area (Å²) >= 11 is 0. The van der Waals surface area contributed by atoms with Gasteiger partial charge in [-0.3, -0.25) is 19.8 Å². The number of nitrogen functional groups attached to an aromatic ring is 1. The molecule has 11 heteroatoms. The number of rotatable bonds is 6. The van der Waals surface area contributed by atoms with E-state index in [0.717, 1.165) is 12.8 Å². The van der Waals surface area contributed by atoms with Crippen molar-refractivity contribution in [3.05, 3.63) is 59.7 Å². The standard InChI is InChI=1S/C23H24F3N5O3/c24-23(25,26)14-30(13-15-4-3-5-16(12-15)20(27)28)22(34)21(33)29-17-7-9-18(10-8-17)31-11-2-1-6-19(31)32/h3-5,7-10,12H,1-2,6,11,13-14H2,(H3,27,28)(H,29,33). The van der Waals surface area contributed by atoms with Gasteiger partial charge in [-0.15, -0.1) is 0 Å². The molecule has 4 N–H and O–H groups in total. The fourth-order valence-electron chi connectivity index (χ4n) is 3.61. The van der Waals surface area contributed by atoms with Crippen LogP contribution < -0.4 is 16.0 Å². The number of piperidine rings is 1. The molecule has 0 bridgehead atoms. The van der Waals surface area contributed by atoms with Gasteiger partial charge < -0.3 is 20.9 Å². The van der Waals surface area contributed by atoms with Crippen molar-refractivity contribution in [1.82, 2.24) is 4.90 Å². The minimum Gasteiger partial charge on any atom is -0.384 e. The van der Waals surface area contributed by atoms with E-state index in [1.807, 2.05) is 0 Å². The lowest BCUT2D eigenvalue weighted by Gasteiger charge is -2.27. The van der Waals surface area contributed by atoms with Crippen LogP contribution in [0.5, 0.6) is 0 Å². The van der Waals surface area contributed by atoms with E-state index in [1.54, 1.807) is 17.0 Å². The highest BCUT2D eigenvalue weighted by Gasteiger charge is 2.35. The van der Waals surface area contributed by atoms with E-state index in [1.165, 1.54) is 36.4 Å². The summed E-state index contributed by atoms with van der Waals surface area (Å²) in [6, 6.07) is 12.0. The van der Waals surface area contributed by atoms with Gasteiger partial charge in [0, 0.05) is 36.4 Å². The summed E-state index contributed by atoms with van der Waals surface area (Å²) in [7, 11) is 0. The molecule has 1 heterocycles. The molecule has 3 rings (SSSR count). The number of hydrogen-bond donors (Lipinski definition) is 3. The minimum absolute atomic E-state index is 0.00477. The number of carbonyl (C=O) groups excluding carboxylic acids is 3. The van der Waals surface area contributed by atoms with Crippen molar-refractivity contribution < 1.29 is 27.6 Å². The predicted octanol–water partition coefficient (Wildman–Crippen LogP) is 3.02. The van der Waals surface area contributed by atoms with E-state index >= 15 is 0 Å². The third kappa shape index (κ3) is 6.56. The Morgan fingerprint density at radius 2 is 1.82 bits per heavy atom. The Morgan fingerprint density at radius 1 is 1.12 bits per heavy atom. The Bertz CT molecular complexity index is 1090. The smallest absolute Gasteiger partial charge is 0.384 e. The molecule has 2 aromatic rings. The molecule has 3 amide bonds. The summed E-state index contributed by atoms with van der Waals surface area (Å²) in [5.41, 5.74) is 6.83. The molecule has 1 aliphatic rings. The van der Waals surface area contributed by atoms with E-state index in [0.29, 0.717) is 23.6 Å². The average Bonchev–Trinajstić information content (AvgIpc) is 2.78. The second-order valence-corrected chi connectivity index (χ2v) is 7.89. The number of amides is 3. The zero-order chi connectivity index (χ0) is 24.9. The number of nitrogens with two attached hydrogens (primary N) is 1. The first-order valence-electron chi connectivity index (χ1n) is 10.5. The van der Waals surface area contributed by atoms with Gasteiger partial charge in [-0.1, -0.05) is 18.2 Å². The van der Waals surface area contributed by atoms with Gasteiger partial charge in [0.1, 0.15) is 12.4 Å². The molecule has 0 radical (unpaired) electrons. The molecular formula is C23H24F3N5O3. The van der Waals surface area contributed by atoms with Gasteiger partial charge in [-0.25, -0.2) is 0 Å². The highest BCUT2D eigenvalue weighted by molar-refractivity contribution is 6.39. The molecule has 1 aliphatic heterocycles. The van der Waals surface area contributed by atoms with Crippen LogP contribution in [0.25, 0.3) is 0 Å². The first-order chi connectivity index (χ1) is 16.0. The van der Waals surface area contributed by atoms with Crippen LogP contribution in [-0.4, -0.2) is 47.7 Å². The third-order valence-electron chi connectivity index (χ3n) is 5.22. The molecule has 0 aromatic heterocycles. The number of nitrogens with zero attached hydrogens (tertiary/aromatic N) is 2. The summed E-state index contributed by atoms with van der Waals surface area (Å²) in [5, 5.41) is 9.77. The molecule has 1 fully saturated rings. The Morgan fingerprint density at radius 3 is 2.44 bits per heavy atom. The first kappa shape index (κ1) is 24.7. The summed E-state index contributed by atoms with van der Waals surface area (Å²) in [6.07, 6.45) is -2.56. The van der Waals surface area contributed by atoms with Gasteiger partial charge in [0.05, 0.1) is 0 Å². The van der Waals surface area contributed by atoms with Crippen LogP contribution in [0.3, 0.4) is 0 Å². The minimum atomic E-state index is -4.73. The van der Waals surface area contributed by atoms with Crippen molar-refractivity contribution in [2.75, 3.05) is 23.3 Å². The van der Waals surface area contributed by atoms with Crippen molar-refractivity contribution in [3.8, 4) is 0 Å². The Balaban J connectivity index is 1.71. The number of anilines is 2. The van der Waals surface area contributed by atoms with E-state index in [2.05, 4.69) is 5.32 Å². The fourth-order valence-corrected chi connectivity index (χ4v) is 3.61. The van der Waals surface area contributed by atoms with Crippen molar-refractivity contribution in [1.29, 1.82) is 5.41 Å². The normalized spacial score (nSPS) is 14.0. The van der Waals surface area contributed by atoms with Crippen LogP contribution in [0.2, 0.25) is 0 Å². The average molecular weight is 475 g/mol. The monoisotopic (exact) mass is 475 g/mol. The van der Waals surface area contributed by atoms with E-state index < -0.39 is 31.1 Å². The summed E-state index contributed by atoms with van der Waals surface area (Å²) in [6.45, 7) is -1.54. The van der Waals surface area contributed by atoms with Crippen LogP contribution in [-0.2, 0) is 20.9 Å². The maximum atomic E-state index is 13.1. The number of halogens is 3. The lowest BCUT2D eigenvalue weighted by atomic mass is 10.1. The van der Waals surface area contributed by atoms with Crippen LogP contribution in [0.1, 0.15) is 30.4 Å². The number of amidine groups is 1. The second-order valence-electron chi connectivity index (χ2n) is 7.89. The van der Waals surface area contributed by atoms with Gasteiger partial charge in [0.25, 0.3) is 0 Å². The fraction of sp³-hybridized carbons (Fsp3) is 0.304. The van der Waals surface area contributed by atoms with Crippen LogP contribution in [0, 0.1) is 5.41 Å². The third-order valence-corrected chi connectivity index (χ3v) is 5.22. The molecule has 0 saturated carbocycles. The Labute approximate surface area is 194 Å². The number of benzene rings is 2. The van der Waals surface area contributed by atoms with Crippen LogP contribution >= 0.6 is 0 Å². The van der Waals surface area contributed by atoms with Crippen LogP contribution in [0.15, 0.2) is 48.5 Å². The van der Waals surface area contributed by atoms with E-state index in [9.17, 15) is 27.6 Å². The summed E-state index contributed by atoms with van der Waals surface area (Å²) < 4.78 is 39.3. The van der Waals surface area contributed by atoms with Crippen molar-refractivity contribution >= 4 is 34.9 Å². The van der Waals surface area contributed by atoms with Crippen molar-refractivity contribution in [2.45, 2.75) is 32.0 Å². The van der Waals surface area contributed by atoms with Gasteiger partial charge in [-0.2, -0.15) is 13.2 Å². The molecule has 0 atom stereocenters. The summed E-state index contributed by atoms with van der Waals surface area (Å²) in [4.78, 5) is 39.1. The van der Waals surface area contributed by atoms with Gasteiger partial charge >= 0.3 is 18.0 Å². The molecule has 0 aliphatic carbocycles. The lowest BCUT2D eigenvalue weighted by Crippen LogP contribution is -2.44. The number of nitrogens with one attached hydrogen (secondary N) is 2. The van der Waals surface area contributed by atoms with E-state index in [-0.39, 0.29) is 28.6 Å². The molecule has 8 nitrogen and oxygen atoms in total. The van der Waals surface area contributed by atoms with Crippen LogP contribution in [0.4, 0.5) is 24.5 Å². The van der Waals surface area contributed by atoms with Gasteiger partial charge in [0.2, 0.25) is 5.91 Å². The van der Waals surface area contributed by atoms with Gasteiger partial charge in [0.15, 0.2) is 0 Å². The highest BCUT2D eigenvalue weighted by Crippen LogP contribution is 2.23. The molecule has 1 saturated heterocycles. The quantitative estimate of drug-likeness (QED) is 0.338. The largest absolute Gasteiger partial charge is 0.406 e. The zero-order valence-electron chi connectivity index (χ0n) is 18.2. The molecule has 34 heavy (non-hydrogen) atoms. The lowest BCUT2D eigenvalue weighted by molar-refractivity contribution is -0.164. The molecule has 0 spiro atoms. The van der Waals surface area contributed by atoms with E-state index in [4.69, 9.17) is 11.1 Å². The first-order valence-corrected chi connectivity index (χ1v) is 10.5. The maximum absolute atomic E-state index is 13.1. The zero-order valence-corrected chi connectivity index (χ0v) is 18.2. The number of hydrogen-bond acceptors (Lipinski definition) is 4. The number of carbonyl (C=O) groups is 3. The van der Waals surface area contributed by atoms with Crippen molar-refractivity contribution in [2.24, 2.45) is 5.73 Å². The number of alkyl halides is 3.